The van der Waals surface area contributed by atoms with Gasteiger partial charge >= 0.3 is 203 Å². The molecule has 0 aliphatic carbocycles. The zero-order chi connectivity index (χ0) is 23.4. The fourth-order valence-electron chi connectivity index (χ4n) is 3.59. The van der Waals surface area contributed by atoms with E-state index in [1.807, 2.05) is 30.3 Å². The quantitative estimate of drug-likeness (QED) is 0.425. The first kappa shape index (κ1) is 23.1. The van der Waals surface area contributed by atoms with Crippen LogP contribution in [0, 0.1) is 0 Å². The van der Waals surface area contributed by atoms with Gasteiger partial charge in [0.2, 0.25) is 0 Å². The predicted octanol–water partition coefficient (Wildman–Crippen LogP) is 2.17. The average Bonchev–Trinajstić information content (AvgIpc) is 3.01. The van der Waals surface area contributed by atoms with Crippen LogP contribution < -0.4 is 29.5 Å². The maximum absolute atomic E-state index is 12.2. The zero-order valence-corrected chi connectivity index (χ0v) is 20.7. The molecule has 33 heavy (non-hydrogen) atoms. The summed E-state index contributed by atoms with van der Waals surface area (Å²) < 4.78 is 7.26. The second-order valence-electron chi connectivity index (χ2n) is 7.27. The minimum absolute atomic E-state index is 0.00238. The molecule has 3 N–H and O–H groups in total. The Hall–Kier alpha value is -3.09. The second-order valence-corrected chi connectivity index (χ2v) is 10.0. The predicted molar refractivity (Wildman–Crippen MR) is 130 cm³/mol. The Morgan fingerprint density at radius 2 is 2.03 bits per heavy atom. The van der Waals surface area contributed by atoms with E-state index in [1.54, 1.807) is 26.4 Å². The third-order valence-corrected chi connectivity index (χ3v) is 8.19. The molecule has 4 rings (SSSR count). The number of carbonyl (C=O) groups is 2. The zero-order valence-electron chi connectivity index (χ0n) is 18.1. The molecule has 10 heteroatoms. The van der Waals surface area contributed by atoms with Crippen molar-refractivity contribution >= 4 is 65.3 Å². The number of nitrogens with one attached hydrogen (secondary N) is 3. The van der Waals surface area contributed by atoms with E-state index < -0.39 is 15.8 Å². The van der Waals surface area contributed by atoms with Gasteiger partial charge in [-0.25, -0.2) is 0 Å². The summed E-state index contributed by atoms with van der Waals surface area (Å²) in [5.74, 6) is 0.875. The van der Waals surface area contributed by atoms with Crippen LogP contribution in [0.2, 0.25) is 5.02 Å². The van der Waals surface area contributed by atoms with Gasteiger partial charge in [0, 0.05) is 0 Å². The van der Waals surface area contributed by atoms with Crippen LogP contribution >= 0.6 is 11.6 Å². The van der Waals surface area contributed by atoms with Crippen molar-refractivity contribution in [3.05, 3.63) is 58.7 Å². The molecular weight excluding hydrogens is 505 g/mol. The van der Waals surface area contributed by atoms with Gasteiger partial charge in [-0.2, -0.15) is 0 Å². The summed E-state index contributed by atoms with van der Waals surface area (Å²) in [7, 11) is 3.21. The third-order valence-electron chi connectivity index (χ3n) is 5.14. The number of aromatic nitrogens is 2. The van der Waals surface area contributed by atoms with E-state index in [0.717, 1.165) is 28.4 Å². The monoisotopic (exact) mass is 526 g/mol. The molecule has 0 unspecified atom stereocenters. The maximum atomic E-state index is 12.2. The number of fused-ring (bicyclic) bond motifs is 1. The molecule has 2 amide bonds. The first-order chi connectivity index (χ1) is 16.0. The molecule has 0 saturated heterocycles. The molecule has 1 aliphatic heterocycles. The summed E-state index contributed by atoms with van der Waals surface area (Å²) in [5.41, 5.74) is 3.00. The van der Waals surface area contributed by atoms with Gasteiger partial charge < -0.3 is 0 Å². The summed E-state index contributed by atoms with van der Waals surface area (Å²) >= 11 is 5.74. The molecule has 0 spiro atoms. The molecule has 2 heterocycles. The Kier molecular flexibility index (Phi) is 7.16. The number of hydrogen-bond donors (Lipinski definition) is 3. The number of carbonyl (C=O) groups excluding carboxylic acids is 2. The fourth-order valence-corrected chi connectivity index (χ4v) is 5.99. The third kappa shape index (κ3) is 5.12. The summed E-state index contributed by atoms with van der Waals surface area (Å²) in [6, 6.07) is 11.1. The van der Waals surface area contributed by atoms with Crippen molar-refractivity contribution in [3.8, 4) is 5.75 Å². The van der Waals surface area contributed by atoms with Gasteiger partial charge in [0.1, 0.15) is 0 Å². The van der Waals surface area contributed by atoms with Crippen LogP contribution in [-0.4, -0.2) is 51.7 Å². The van der Waals surface area contributed by atoms with Gasteiger partial charge in [-0.3, -0.25) is 0 Å². The van der Waals surface area contributed by atoms with E-state index in [0.29, 0.717) is 38.9 Å². The van der Waals surface area contributed by atoms with Crippen LogP contribution in [0.1, 0.15) is 28.8 Å². The molecule has 8 nitrogen and oxygen atoms in total. The number of methoxy groups -OCH3 is 1. The van der Waals surface area contributed by atoms with Gasteiger partial charge in [-0.15, -0.1) is 0 Å². The van der Waals surface area contributed by atoms with Crippen LogP contribution in [0.5, 0.6) is 5.75 Å². The molecule has 1 aromatic heterocycles. The Bertz CT molecular complexity index is 1220. The van der Waals surface area contributed by atoms with E-state index in [1.165, 1.54) is 0 Å². The van der Waals surface area contributed by atoms with Crippen molar-refractivity contribution in [1.29, 1.82) is 0 Å². The van der Waals surface area contributed by atoms with E-state index in [-0.39, 0.29) is 11.8 Å². The number of amides is 2. The second kappa shape index (κ2) is 10.2. The van der Waals surface area contributed by atoms with Crippen LogP contribution in [0.15, 0.2) is 42.6 Å². The average molecular weight is 527 g/mol. The molecule has 1 aliphatic rings. The number of ether oxygens (including phenoxy) is 1. The van der Waals surface area contributed by atoms with Crippen LogP contribution in [-0.2, 0) is 11.2 Å². The van der Waals surface area contributed by atoms with Gasteiger partial charge in [-0.05, 0) is 0 Å². The first-order valence-corrected chi connectivity index (χ1v) is 12.6. The van der Waals surface area contributed by atoms with Crippen molar-refractivity contribution in [1.82, 2.24) is 15.3 Å². The molecular formula is C23H22AsClN5O3. The molecule has 0 atom stereocenters. The topological polar surface area (TPSA) is 105 Å². The van der Waals surface area contributed by atoms with E-state index in [2.05, 4.69) is 25.9 Å². The molecule has 0 saturated carbocycles. The van der Waals surface area contributed by atoms with Crippen molar-refractivity contribution < 1.29 is 14.3 Å². The molecule has 0 fully saturated rings. The molecule has 2 aromatic carbocycles. The van der Waals surface area contributed by atoms with E-state index in [4.69, 9.17) is 16.3 Å². The molecule has 0 bridgehead atoms. The van der Waals surface area contributed by atoms with Crippen molar-refractivity contribution in [2.75, 3.05) is 24.8 Å². The van der Waals surface area contributed by atoms with Gasteiger partial charge in [0.15, 0.2) is 0 Å². The van der Waals surface area contributed by atoms with Crippen molar-refractivity contribution in [2.24, 2.45) is 0 Å². The van der Waals surface area contributed by atoms with Crippen LogP contribution in [0.4, 0.5) is 17.3 Å². The SMILES string of the molecule is CNC(=O)c1ccccc1[As]c1nc(Nc2ccc3c(c2OC)CCCC(=O)N3)ncc1Cl. The normalized spacial score (nSPS) is 13.2. The molecule has 169 valence electrons. The van der Waals surface area contributed by atoms with Gasteiger partial charge in [-0.1, -0.05) is 0 Å². The standard InChI is InChI=1S/C23H22AsClN5O3/c1-26-22(32)13-6-3-4-8-15(13)24-21-16(25)12-27-23(30-21)29-18-11-10-17-14(20(18)33-2)7-5-9-19(31)28-17/h3-4,6,8,10-12H,5,7,9H2,1-2H3,(H,26,32)(H,28,31)(H,27,29,30). The number of hydrogen-bond acceptors (Lipinski definition) is 6. The molecule has 3 aromatic rings. The Morgan fingerprint density at radius 1 is 1.21 bits per heavy atom. The van der Waals surface area contributed by atoms with E-state index >= 15 is 0 Å². The Labute approximate surface area is 203 Å². The summed E-state index contributed by atoms with van der Waals surface area (Å²) in [4.78, 5) is 33.1. The number of anilines is 3. The Balaban J connectivity index is 1.64. The van der Waals surface area contributed by atoms with Gasteiger partial charge in [0.05, 0.1) is 0 Å². The van der Waals surface area contributed by atoms with Crippen LogP contribution in [0.25, 0.3) is 0 Å². The summed E-state index contributed by atoms with van der Waals surface area (Å²) in [5, 5.41) is 9.27. The number of halogens is 1. The van der Waals surface area contributed by atoms with Crippen LogP contribution in [0.3, 0.4) is 0 Å². The summed E-state index contributed by atoms with van der Waals surface area (Å²) in [6.07, 6.45) is 3.50. The van der Waals surface area contributed by atoms with Crippen molar-refractivity contribution in [3.63, 3.8) is 0 Å². The van der Waals surface area contributed by atoms with Crippen molar-refractivity contribution in [2.45, 2.75) is 19.3 Å². The number of nitrogens with zero attached hydrogens (tertiary/aromatic N) is 2. The van der Waals surface area contributed by atoms with E-state index in [9.17, 15) is 9.59 Å². The van der Waals surface area contributed by atoms with Gasteiger partial charge in [0.25, 0.3) is 0 Å². The fraction of sp³-hybridized carbons (Fsp3) is 0.217. The molecule has 1 radical (unpaired) electrons. The number of rotatable bonds is 6. The minimum atomic E-state index is -0.661. The summed E-state index contributed by atoms with van der Waals surface area (Å²) in [6.45, 7) is 0. The first-order valence-electron chi connectivity index (χ1n) is 10.3. The Morgan fingerprint density at radius 3 is 2.82 bits per heavy atom. The number of benzene rings is 2.